The Bertz CT molecular complexity index is 564. The van der Waals surface area contributed by atoms with Crippen LogP contribution in [0.5, 0.6) is 0 Å². The molecule has 0 spiro atoms. The zero-order chi connectivity index (χ0) is 13.1. The highest BCUT2D eigenvalue weighted by atomic mass is 31.1. The summed E-state index contributed by atoms with van der Waals surface area (Å²) in [5.41, 5.74) is 6.40. The summed E-state index contributed by atoms with van der Waals surface area (Å²) in [7, 11) is 0.101. The zero-order valence-electron chi connectivity index (χ0n) is 11.0. The van der Waals surface area contributed by atoms with Gasteiger partial charge in [-0.15, -0.1) is 0 Å². The normalized spacial score (nSPS) is 10.8. The van der Waals surface area contributed by atoms with Gasteiger partial charge in [0.1, 0.15) is 0 Å². The van der Waals surface area contributed by atoms with E-state index in [1.807, 2.05) is 18.2 Å². The van der Waals surface area contributed by atoms with Crippen molar-refractivity contribution < 1.29 is 4.57 Å². The van der Waals surface area contributed by atoms with Crippen molar-refractivity contribution in [1.29, 1.82) is 0 Å². The quantitative estimate of drug-likeness (QED) is 0.755. The first-order valence-electron chi connectivity index (χ1n) is 6.10. The lowest BCUT2D eigenvalue weighted by Crippen LogP contribution is -2.05. The number of rotatable bonds is 3. The molecular formula is C16H17OP. The maximum atomic E-state index is 11.1. The van der Waals surface area contributed by atoms with E-state index in [1.54, 1.807) is 0 Å². The van der Waals surface area contributed by atoms with Crippen LogP contribution in [0.2, 0.25) is 0 Å². The fourth-order valence-electron chi connectivity index (χ4n) is 2.43. The fraction of sp³-hybridized carbons (Fsp3) is 0.250. The second-order valence-corrected chi connectivity index (χ2v) is 5.44. The molecule has 2 aromatic carbocycles. The second kappa shape index (κ2) is 5.46. The summed E-state index contributed by atoms with van der Waals surface area (Å²) in [5.74, 6) is 0. The van der Waals surface area contributed by atoms with E-state index in [2.05, 4.69) is 39.0 Å². The summed E-state index contributed by atoms with van der Waals surface area (Å²) in [6.45, 7) is 6.41. The minimum absolute atomic E-state index is 0.101. The van der Waals surface area contributed by atoms with E-state index in [4.69, 9.17) is 0 Å². The van der Waals surface area contributed by atoms with Gasteiger partial charge in [-0.2, -0.15) is 0 Å². The summed E-state index contributed by atoms with van der Waals surface area (Å²) in [5, 5.41) is 0.886. The van der Waals surface area contributed by atoms with E-state index >= 15 is 0 Å². The van der Waals surface area contributed by atoms with E-state index in [0.29, 0.717) is 0 Å². The Morgan fingerprint density at radius 2 is 1.61 bits per heavy atom. The Balaban J connectivity index is 2.43. The fourth-order valence-corrected chi connectivity index (χ4v) is 2.85. The Morgan fingerprint density at radius 3 is 2.22 bits per heavy atom. The van der Waals surface area contributed by atoms with Gasteiger partial charge in [-0.1, -0.05) is 35.9 Å². The van der Waals surface area contributed by atoms with Crippen LogP contribution in [0.15, 0.2) is 36.4 Å². The number of hydrogen-bond donors (Lipinski definition) is 0. The molecule has 0 bridgehead atoms. The lowest BCUT2D eigenvalue weighted by atomic mass is 9.94. The van der Waals surface area contributed by atoms with Crippen LogP contribution in [0.4, 0.5) is 0 Å². The molecule has 2 heteroatoms. The second-order valence-electron chi connectivity index (χ2n) is 4.77. The molecule has 2 rings (SSSR count). The number of aryl methyl sites for hydroxylation is 3. The van der Waals surface area contributed by atoms with Gasteiger partial charge in [0.25, 0.3) is 0 Å². The molecule has 0 aliphatic heterocycles. The Hall–Kier alpha value is -1.46. The van der Waals surface area contributed by atoms with Crippen LogP contribution in [0.25, 0.3) is 0 Å². The molecule has 0 aromatic heterocycles. The summed E-state index contributed by atoms with van der Waals surface area (Å²) >= 11 is 0. The van der Waals surface area contributed by atoms with Crippen molar-refractivity contribution in [2.75, 3.05) is 0 Å². The largest absolute Gasteiger partial charge is 0.269 e. The molecule has 0 saturated carbocycles. The van der Waals surface area contributed by atoms with Crippen molar-refractivity contribution in [3.63, 3.8) is 0 Å². The third-order valence-corrected chi connectivity index (χ3v) is 3.93. The molecule has 1 nitrogen and oxygen atoms in total. The molecule has 2 aromatic rings. The van der Waals surface area contributed by atoms with Crippen molar-refractivity contribution in [3.8, 4) is 0 Å². The van der Waals surface area contributed by atoms with Gasteiger partial charge in [-0.05, 0) is 55.5 Å². The maximum Gasteiger partial charge on any atom is 0.192 e. The molecule has 0 amide bonds. The number of benzene rings is 2. The minimum Gasteiger partial charge on any atom is -0.269 e. The maximum absolute atomic E-state index is 11.1. The van der Waals surface area contributed by atoms with E-state index in [-0.39, 0.29) is 8.46 Å². The average molecular weight is 256 g/mol. The topological polar surface area (TPSA) is 17.1 Å². The van der Waals surface area contributed by atoms with Crippen LogP contribution in [0.1, 0.15) is 27.8 Å². The smallest absolute Gasteiger partial charge is 0.192 e. The van der Waals surface area contributed by atoms with Gasteiger partial charge in [0.15, 0.2) is 8.46 Å². The third kappa shape index (κ3) is 2.68. The number of hydrogen-bond acceptors (Lipinski definition) is 1. The molecule has 0 fully saturated rings. The van der Waals surface area contributed by atoms with E-state index in [1.165, 1.54) is 22.3 Å². The van der Waals surface area contributed by atoms with Crippen molar-refractivity contribution in [1.82, 2.24) is 0 Å². The van der Waals surface area contributed by atoms with E-state index < -0.39 is 0 Å². The first kappa shape index (κ1) is 13.0. The lowest BCUT2D eigenvalue weighted by Gasteiger charge is -2.12. The molecule has 92 valence electrons. The van der Waals surface area contributed by atoms with Crippen molar-refractivity contribution in [2.24, 2.45) is 0 Å². The predicted octanol–water partition coefficient (Wildman–Crippen LogP) is 4.12. The summed E-state index contributed by atoms with van der Waals surface area (Å²) in [6.07, 6.45) is 0.851. The molecule has 0 aliphatic carbocycles. The van der Waals surface area contributed by atoms with Gasteiger partial charge in [0.05, 0.1) is 0 Å². The van der Waals surface area contributed by atoms with E-state index in [9.17, 15) is 4.57 Å². The standard InChI is InChI=1S/C16H17OP/c1-11-8-12(2)15(13(3)9-11)10-14-6-4-5-7-16(14)18-17/h4-9H,10H2,1-3H3. The molecule has 0 saturated heterocycles. The van der Waals surface area contributed by atoms with Gasteiger partial charge in [-0.3, -0.25) is 4.57 Å². The van der Waals surface area contributed by atoms with Crippen LogP contribution in [-0.4, -0.2) is 0 Å². The molecule has 0 atom stereocenters. The molecule has 0 radical (unpaired) electrons. The van der Waals surface area contributed by atoms with Gasteiger partial charge in [-0.25, -0.2) is 0 Å². The van der Waals surface area contributed by atoms with Crippen LogP contribution in [0.3, 0.4) is 0 Å². The molecule has 0 N–H and O–H groups in total. The molecule has 0 heterocycles. The van der Waals surface area contributed by atoms with Gasteiger partial charge >= 0.3 is 0 Å². The highest BCUT2D eigenvalue weighted by Gasteiger charge is 2.08. The van der Waals surface area contributed by atoms with Crippen LogP contribution < -0.4 is 5.30 Å². The lowest BCUT2D eigenvalue weighted by molar-refractivity contribution is 0.603. The van der Waals surface area contributed by atoms with Gasteiger partial charge in [0.2, 0.25) is 0 Å². The van der Waals surface area contributed by atoms with Gasteiger partial charge in [0, 0.05) is 5.30 Å². The monoisotopic (exact) mass is 256 g/mol. The Labute approximate surface area is 110 Å². The van der Waals surface area contributed by atoms with Crippen LogP contribution in [-0.2, 0) is 11.0 Å². The Morgan fingerprint density at radius 1 is 1.00 bits per heavy atom. The first-order chi connectivity index (χ1) is 8.61. The van der Waals surface area contributed by atoms with Crippen molar-refractivity contribution in [2.45, 2.75) is 27.2 Å². The summed E-state index contributed by atoms with van der Waals surface area (Å²) < 4.78 is 11.1. The zero-order valence-corrected chi connectivity index (χ0v) is 11.9. The summed E-state index contributed by atoms with van der Waals surface area (Å²) in [6, 6.07) is 12.3. The Kier molecular flexibility index (Phi) is 3.93. The predicted molar refractivity (Wildman–Crippen MR) is 77.1 cm³/mol. The highest BCUT2D eigenvalue weighted by molar-refractivity contribution is 7.34. The van der Waals surface area contributed by atoms with Crippen LogP contribution >= 0.6 is 8.46 Å². The van der Waals surface area contributed by atoms with E-state index in [0.717, 1.165) is 17.3 Å². The molecule has 0 unspecified atom stereocenters. The molecular weight excluding hydrogens is 239 g/mol. The third-order valence-electron chi connectivity index (χ3n) is 3.30. The average Bonchev–Trinajstić information content (AvgIpc) is 2.34. The highest BCUT2D eigenvalue weighted by Crippen LogP contribution is 2.20. The minimum atomic E-state index is 0.101. The van der Waals surface area contributed by atoms with Crippen molar-refractivity contribution in [3.05, 3.63) is 64.2 Å². The first-order valence-corrected chi connectivity index (χ1v) is 6.91. The molecule has 18 heavy (non-hydrogen) atoms. The van der Waals surface area contributed by atoms with Crippen molar-refractivity contribution >= 4 is 13.8 Å². The van der Waals surface area contributed by atoms with Gasteiger partial charge < -0.3 is 0 Å². The van der Waals surface area contributed by atoms with Crippen LogP contribution in [0, 0.1) is 20.8 Å². The summed E-state index contributed by atoms with van der Waals surface area (Å²) in [4.78, 5) is 0. The SMILES string of the molecule is Cc1cc(C)c(Cc2ccccc2P=O)c(C)c1. The molecule has 0 aliphatic rings.